The molecule has 0 spiro atoms. The highest BCUT2D eigenvalue weighted by Gasteiger charge is 2.14. The summed E-state index contributed by atoms with van der Waals surface area (Å²) in [6.45, 7) is 1.89. The van der Waals surface area contributed by atoms with Crippen LogP contribution < -0.4 is 15.2 Å². The molecule has 0 saturated heterocycles. The number of hydrogen-bond acceptors (Lipinski definition) is 5. The zero-order valence-electron chi connectivity index (χ0n) is 11.7. The molecule has 0 radical (unpaired) electrons. The van der Waals surface area contributed by atoms with Crippen molar-refractivity contribution in [3.63, 3.8) is 0 Å². The van der Waals surface area contributed by atoms with Gasteiger partial charge in [-0.25, -0.2) is 0 Å². The van der Waals surface area contributed by atoms with E-state index in [1.54, 1.807) is 30.3 Å². The first kappa shape index (κ1) is 14.7. The van der Waals surface area contributed by atoms with Crippen molar-refractivity contribution in [1.29, 1.82) is 0 Å². The van der Waals surface area contributed by atoms with Crippen LogP contribution >= 0.6 is 0 Å². The minimum Gasteiger partial charge on any atom is -0.508 e. The zero-order chi connectivity index (χ0) is 15.2. The van der Waals surface area contributed by atoms with Crippen molar-refractivity contribution in [2.75, 3.05) is 5.73 Å². The van der Waals surface area contributed by atoms with Crippen molar-refractivity contribution in [2.45, 2.75) is 19.8 Å². The van der Waals surface area contributed by atoms with Gasteiger partial charge in [0.25, 0.3) is 0 Å². The molecule has 5 nitrogen and oxygen atoms in total. The van der Waals surface area contributed by atoms with E-state index >= 15 is 0 Å². The second-order valence-electron chi connectivity index (χ2n) is 4.49. The van der Waals surface area contributed by atoms with E-state index in [2.05, 4.69) is 0 Å². The van der Waals surface area contributed by atoms with Gasteiger partial charge < -0.3 is 20.3 Å². The van der Waals surface area contributed by atoms with E-state index in [9.17, 15) is 9.90 Å². The summed E-state index contributed by atoms with van der Waals surface area (Å²) < 4.78 is 10.9. The maximum atomic E-state index is 11.6. The van der Waals surface area contributed by atoms with Crippen LogP contribution in [-0.4, -0.2) is 11.1 Å². The molecule has 5 heteroatoms. The Hall–Kier alpha value is -2.69. The third-order valence-electron chi connectivity index (χ3n) is 2.74. The molecule has 0 atom stereocenters. The van der Waals surface area contributed by atoms with Gasteiger partial charge in [-0.05, 0) is 42.8 Å². The average molecular weight is 287 g/mol. The number of phenols is 1. The molecule has 21 heavy (non-hydrogen) atoms. The predicted molar refractivity (Wildman–Crippen MR) is 79.6 cm³/mol. The first-order valence-electron chi connectivity index (χ1n) is 6.66. The summed E-state index contributed by atoms with van der Waals surface area (Å²) in [5, 5.41) is 9.25. The number of hydrogen-bond donors (Lipinski definition) is 2. The van der Waals surface area contributed by atoms with Crippen LogP contribution in [0.2, 0.25) is 0 Å². The van der Waals surface area contributed by atoms with Crippen LogP contribution in [-0.2, 0) is 4.79 Å². The van der Waals surface area contributed by atoms with Crippen LogP contribution in [0.5, 0.6) is 23.0 Å². The van der Waals surface area contributed by atoms with E-state index in [0.29, 0.717) is 30.0 Å². The minimum atomic E-state index is -0.356. The van der Waals surface area contributed by atoms with Gasteiger partial charge in [0.15, 0.2) is 11.5 Å². The number of nitrogen functional groups attached to an aromatic ring is 1. The second-order valence-corrected chi connectivity index (χ2v) is 4.49. The van der Waals surface area contributed by atoms with Crippen LogP contribution in [0.1, 0.15) is 19.8 Å². The molecule has 0 heterocycles. The molecule has 0 unspecified atom stereocenters. The number of rotatable bonds is 5. The van der Waals surface area contributed by atoms with Gasteiger partial charge in [-0.3, -0.25) is 4.79 Å². The SMILES string of the molecule is CCCC(=O)Oc1c(N)cccc1Oc1ccc(O)cc1. The topological polar surface area (TPSA) is 81.8 Å². The van der Waals surface area contributed by atoms with E-state index in [1.165, 1.54) is 12.1 Å². The Bertz CT molecular complexity index is 623. The highest BCUT2D eigenvalue weighted by molar-refractivity contribution is 5.76. The molecular formula is C16H17NO4. The molecular weight excluding hydrogens is 270 g/mol. The van der Waals surface area contributed by atoms with Gasteiger partial charge in [0.05, 0.1) is 5.69 Å². The molecule has 110 valence electrons. The number of esters is 1. The lowest BCUT2D eigenvalue weighted by atomic mass is 10.2. The Labute approximate surface area is 122 Å². The maximum absolute atomic E-state index is 11.6. The molecule has 0 fully saturated rings. The Balaban J connectivity index is 2.24. The van der Waals surface area contributed by atoms with Crippen molar-refractivity contribution in [3.8, 4) is 23.0 Å². The van der Waals surface area contributed by atoms with Gasteiger partial charge in [-0.2, -0.15) is 0 Å². The molecule has 2 aromatic rings. The van der Waals surface area contributed by atoms with Gasteiger partial charge in [-0.1, -0.05) is 13.0 Å². The molecule has 0 aliphatic rings. The lowest BCUT2D eigenvalue weighted by Gasteiger charge is -2.13. The Morgan fingerprint density at radius 2 is 1.90 bits per heavy atom. The summed E-state index contributed by atoms with van der Waals surface area (Å²) in [7, 11) is 0. The standard InChI is InChI=1S/C16H17NO4/c1-2-4-15(19)21-16-13(17)5-3-6-14(16)20-12-9-7-11(18)8-10-12/h3,5-10,18H,2,4,17H2,1H3. The maximum Gasteiger partial charge on any atom is 0.311 e. The third kappa shape index (κ3) is 3.89. The number of anilines is 1. The summed E-state index contributed by atoms with van der Waals surface area (Å²) in [4.78, 5) is 11.6. The van der Waals surface area contributed by atoms with E-state index in [0.717, 1.165) is 0 Å². The Kier molecular flexibility index (Phi) is 4.66. The average Bonchev–Trinajstić information content (AvgIpc) is 2.45. The molecule has 0 aromatic heterocycles. The normalized spacial score (nSPS) is 10.1. The fourth-order valence-electron chi connectivity index (χ4n) is 1.73. The Morgan fingerprint density at radius 1 is 1.19 bits per heavy atom. The van der Waals surface area contributed by atoms with Gasteiger partial charge in [0, 0.05) is 6.42 Å². The number of carbonyl (C=O) groups is 1. The van der Waals surface area contributed by atoms with E-state index in [1.807, 2.05) is 6.92 Å². The monoisotopic (exact) mass is 287 g/mol. The molecule has 0 amide bonds. The summed E-state index contributed by atoms with van der Waals surface area (Å²) >= 11 is 0. The van der Waals surface area contributed by atoms with E-state index in [-0.39, 0.29) is 17.5 Å². The largest absolute Gasteiger partial charge is 0.508 e. The van der Waals surface area contributed by atoms with Crippen molar-refractivity contribution < 1.29 is 19.4 Å². The van der Waals surface area contributed by atoms with E-state index < -0.39 is 0 Å². The molecule has 0 saturated carbocycles. The minimum absolute atomic E-state index is 0.143. The van der Waals surface area contributed by atoms with E-state index in [4.69, 9.17) is 15.2 Å². The first-order valence-corrected chi connectivity index (χ1v) is 6.66. The number of benzene rings is 2. The second kappa shape index (κ2) is 6.65. The van der Waals surface area contributed by atoms with Gasteiger partial charge in [0.1, 0.15) is 11.5 Å². The van der Waals surface area contributed by atoms with Crippen LogP contribution in [0.15, 0.2) is 42.5 Å². The van der Waals surface area contributed by atoms with Gasteiger partial charge >= 0.3 is 5.97 Å². The molecule has 0 aliphatic heterocycles. The van der Waals surface area contributed by atoms with Crippen molar-refractivity contribution in [2.24, 2.45) is 0 Å². The molecule has 0 bridgehead atoms. The lowest BCUT2D eigenvalue weighted by molar-refractivity contribution is -0.134. The summed E-state index contributed by atoms with van der Waals surface area (Å²) in [5.41, 5.74) is 6.18. The highest BCUT2D eigenvalue weighted by Crippen LogP contribution is 2.36. The Morgan fingerprint density at radius 3 is 2.57 bits per heavy atom. The quantitative estimate of drug-likeness (QED) is 0.500. The van der Waals surface area contributed by atoms with Crippen molar-refractivity contribution in [1.82, 2.24) is 0 Å². The van der Waals surface area contributed by atoms with Crippen molar-refractivity contribution in [3.05, 3.63) is 42.5 Å². The number of para-hydroxylation sites is 1. The first-order chi connectivity index (χ1) is 10.1. The smallest absolute Gasteiger partial charge is 0.311 e. The predicted octanol–water partition coefficient (Wildman–Crippen LogP) is 3.47. The van der Waals surface area contributed by atoms with Gasteiger partial charge in [0.2, 0.25) is 0 Å². The van der Waals surface area contributed by atoms with Crippen LogP contribution in [0.3, 0.4) is 0 Å². The fourth-order valence-corrected chi connectivity index (χ4v) is 1.73. The molecule has 3 N–H and O–H groups in total. The van der Waals surface area contributed by atoms with Crippen molar-refractivity contribution >= 4 is 11.7 Å². The lowest BCUT2D eigenvalue weighted by Crippen LogP contribution is -2.09. The summed E-state index contributed by atoms with van der Waals surface area (Å²) in [6, 6.07) is 11.2. The number of aromatic hydroxyl groups is 1. The van der Waals surface area contributed by atoms with Crippen LogP contribution in [0, 0.1) is 0 Å². The number of phenolic OH excluding ortho intramolecular Hbond substituents is 1. The molecule has 2 aromatic carbocycles. The number of carbonyl (C=O) groups excluding carboxylic acids is 1. The van der Waals surface area contributed by atoms with Gasteiger partial charge in [-0.15, -0.1) is 0 Å². The number of nitrogens with two attached hydrogens (primary N) is 1. The van der Waals surface area contributed by atoms with Crippen LogP contribution in [0.25, 0.3) is 0 Å². The summed E-state index contributed by atoms with van der Waals surface area (Å²) in [5.74, 6) is 0.857. The fraction of sp³-hybridized carbons (Fsp3) is 0.188. The number of ether oxygens (including phenoxy) is 2. The highest BCUT2D eigenvalue weighted by atomic mass is 16.6. The third-order valence-corrected chi connectivity index (χ3v) is 2.74. The molecule has 2 rings (SSSR count). The summed E-state index contributed by atoms with van der Waals surface area (Å²) in [6.07, 6.45) is 1.01. The van der Waals surface area contributed by atoms with Crippen LogP contribution in [0.4, 0.5) is 5.69 Å². The molecule has 0 aliphatic carbocycles. The zero-order valence-corrected chi connectivity index (χ0v) is 11.7.